The Morgan fingerprint density at radius 2 is 2.29 bits per heavy atom. The summed E-state index contributed by atoms with van der Waals surface area (Å²) in [6.45, 7) is 1.80. The topological polar surface area (TPSA) is 41.6 Å². The molecule has 1 aromatic rings. The number of hydrogen-bond acceptors (Lipinski definition) is 3. The first kappa shape index (κ1) is 17.8. The van der Waals surface area contributed by atoms with Crippen LogP contribution in [0.3, 0.4) is 0 Å². The molecule has 2 rings (SSSR count). The summed E-state index contributed by atoms with van der Waals surface area (Å²) < 4.78 is 5.21. The lowest BCUT2D eigenvalue weighted by Gasteiger charge is -2.24. The minimum Gasteiger partial charge on any atom is -0.497 e. The second kappa shape index (κ2) is 8.90. The van der Waals surface area contributed by atoms with E-state index in [1.165, 1.54) is 0 Å². The van der Waals surface area contributed by atoms with Gasteiger partial charge in [-0.05, 0) is 44.0 Å². The summed E-state index contributed by atoms with van der Waals surface area (Å²) in [4.78, 5) is 14.4. The van der Waals surface area contributed by atoms with Gasteiger partial charge in [0.1, 0.15) is 5.75 Å². The van der Waals surface area contributed by atoms with E-state index in [9.17, 15) is 4.79 Å². The van der Waals surface area contributed by atoms with Crippen molar-refractivity contribution in [1.29, 1.82) is 0 Å². The second-order valence-electron chi connectivity index (χ2n) is 5.29. The third kappa shape index (κ3) is 4.90. The van der Waals surface area contributed by atoms with Crippen LogP contribution in [-0.2, 0) is 11.2 Å². The van der Waals surface area contributed by atoms with Gasteiger partial charge in [-0.1, -0.05) is 12.1 Å². The molecule has 1 aliphatic heterocycles. The van der Waals surface area contributed by atoms with Crippen LogP contribution < -0.4 is 10.1 Å². The maximum absolute atomic E-state index is 12.3. The van der Waals surface area contributed by atoms with Crippen LogP contribution in [0.4, 0.5) is 0 Å². The van der Waals surface area contributed by atoms with Gasteiger partial charge in [0.2, 0.25) is 5.91 Å². The lowest BCUT2D eigenvalue weighted by Crippen LogP contribution is -2.40. The number of methoxy groups -OCH3 is 1. The minimum absolute atomic E-state index is 0. The number of benzene rings is 1. The highest BCUT2D eigenvalue weighted by Gasteiger charge is 2.27. The van der Waals surface area contributed by atoms with Gasteiger partial charge in [0.05, 0.1) is 7.11 Å². The van der Waals surface area contributed by atoms with Crippen LogP contribution in [0.1, 0.15) is 24.8 Å². The molecule has 1 heterocycles. The van der Waals surface area contributed by atoms with E-state index in [0.717, 1.165) is 43.7 Å². The zero-order valence-corrected chi connectivity index (χ0v) is 13.6. The number of aryl methyl sites for hydroxylation is 1. The van der Waals surface area contributed by atoms with E-state index in [1.807, 2.05) is 36.2 Å². The third-order valence-electron chi connectivity index (χ3n) is 3.90. The summed E-state index contributed by atoms with van der Waals surface area (Å²) in [6, 6.07) is 8.32. The number of likely N-dealkylation sites (tertiary alicyclic amines) is 1. The van der Waals surface area contributed by atoms with Gasteiger partial charge < -0.3 is 15.0 Å². The van der Waals surface area contributed by atoms with Crippen LogP contribution in [0.15, 0.2) is 24.3 Å². The Morgan fingerprint density at radius 3 is 3.00 bits per heavy atom. The van der Waals surface area contributed by atoms with E-state index in [-0.39, 0.29) is 18.3 Å². The van der Waals surface area contributed by atoms with Crippen LogP contribution in [0.25, 0.3) is 0 Å². The molecule has 1 aromatic carbocycles. The van der Waals surface area contributed by atoms with E-state index >= 15 is 0 Å². The number of amides is 1. The Morgan fingerprint density at radius 1 is 1.48 bits per heavy atom. The fraction of sp³-hybridized carbons (Fsp3) is 0.562. The van der Waals surface area contributed by atoms with Gasteiger partial charge in [0, 0.05) is 25.6 Å². The van der Waals surface area contributed by atoms with Crippen molar-refractivity contribution in [3.8, 4) is 5.75 Å². The van der Waals surface area contributed by atoms with Crippen LogP contribution >= 0.6 is 12.4 Å². The molecule has 1 aliphatic rings. The van der Waals surface area contributed by atoms with Crippen molar-refractivity contribution in [3.63, 3.8) is 0 Å². The predicted octanol–water partition coefficient (Wildman–Crippen LogP) is 2.26. The molecule has 0 aliphatic carbocycles. The van der Waals surface area contributed by atoms with E-state index < -0.39 is 0 Å². The SMILES string of the molecule is CNCC1CCCN1C(=O)CCc1cccc(OC)c1.Cl. The van der Waals surface area contributed by atoms with Gasteiger partial charge in [-0.25, -0.2) is 0 Å². The Labute approximate surface area is 133 Å². The molecule has 0 saturated carbocycles. The standard InChI is InChI=1S/C16H24N2O2.ClH/c1-17-12-14-6-4-10-18(14)16(19)9-8-13-5-3-7-15(11-13)20-2;/h3,5,7,11,14,17H,4,6,8-10,12H2,1-2H3;1H. The summed E-state index contributed by atoms with van der Waals surface area (Å²) in [5, 5.41) is 3.17. The molecule has 1 atom stereocenters. The van der Waals surface area contributed by atoms with Gasteiger partial charge in [-0.15, -0.1) is 12.4 Å². The first-order valence-electron chi connectivity index (χ1n) is 7.31. The van der Waals surface area contributed by atoms with Gasteiger partial charge in [-0.2, -0.15) is 0 Å². The van der Waals surface area contributed by atoms with Crippen molar-refractivity contribution in [2.24, 2.45) is 0 Å². The molecule has 1 amide bonds. The summed E-state index contributed by atoms with van der Waals surface area (Å²) >= 11 is 0. The van der Waals surface area contributed by atoms with Crippen molar-refractivity contribution < 1.29 is 9.53 Å². The zero-order chi connectivity index (χ0) is 14.4. The predicted molar refractivity (Wildman–Crippen MR) is 87.2 cm³/mol. The molecule has 0 bridgehead atoms. The van der Waals surface area contributed by atoms with E-state index in [4.69, 9.17) is 4.74 Å². The number of hydrogen-bond donors (Lipinski definition) is 1. The van der Waals surface area contributed by atoms with Gasteiger partial charge in [0.15, 0.2) is 0 Å². The number of likely N-dealkylation sites (N-methyl/N-ethyl adjacent to an activating group) is 1. The molecule has 5 heteroatoms. The van der Waals surface area contributed by atoms with Crippen LogP contribution in [0, 0.1) is 0 Å². The number of rotatable bonds is 6. The lowest BCUT2D eigenvalue weighted by molar-refractivity contribution is -0.131. The lowest BCUT2D eigenvalue weighted by atomic mass is 10.1. The van der Waals surface area contributed by atoms with Gasteiger partial charge >= 0.3 is 0 Å². The molecule has 1 N–H and O–H groups in total. The average Bonchev–Trinajstić information content (AvgIpc) is 2.94. The fourth-order valence-corrected chi connectivity index (χ4v) is 2.83. The smallest absolute Gasteiger partial charge is 0.223 e. The van der Waals surface area contributed by atoms with Crippen LogP contribution in [0.5, 0.6) is 5.75 Å². The highest BCUT2D eigenvalue weighted by molar-refractivity contribution is 5.85. The largest absolute Gasteiger partial charge is 0.497 e. The van der Waals surface area contributed by atoms with Crippen LogP contribution in [0.2, 0.25) is 0 Å². The Balaban J connectivity index is 0.00000220. The molecule has 118 valence electrons. The van der Waals surface area contributed by atoms with E-state index in [1.54, 1.807) is 7.11 Å². The number of nitrogens with zero attached hydrogens (tertiary/aromatic N) is 1. The summed E-state index contributed by atoms with van der Waals surface area (Å²) in [5.41, 5.74) is 1.15. The highest BCUT2D eigenvalue weighted by atomic mass is 35.5. The highest BCUT2D eigenvalue weighted by Crippen LogP contribution is 2.19. The molecule has 0 aromatic heterocycles. The maximum Gasteiger partial charge on any atom is 0.223 e. The quantitative estimate of drug-likeness (QED) is 0.876. The van der Waals surface area contributed by atoms with Gasteiger partial charge in [-0.3, -0.25) is 4.79 Å². The molecule has 21 heavy (non-hydrogen) atoms. The van der Waals surface area contributed by atoms with Crippen molar-refractivity contribution in [3.05, 3.63) is 29.8 Å². The fourth-order valence-electron chi connectivity index (χ4n) is 2.83. The molecular weight excluding hydrogens is 288 g/mol. The summed E-state index contributed by atoms with van der Waals surface area (Å²) in [7, 11) is 3.61. The monoisotopic (exact) mass is 312 g/mol. The molecule has 1 unspecified atom stereocenters. The van der Waals surface area contributed by atoms with E-state index in [2.05, 4.69) is 5.32 Å². The number of nitrogens with one attached hydrogen (secondary N) is 1. The minimum atomic E-state index is 0. The van der Waals surface area contributed by atoms with Crippen molar-refractivity contribution in [1.82, 2.24) is 10.2 Å². The Bertz CT molecular complexity index is 454. The third-order valence-corrected chi connectivity index (χ3v) is 3.90. The maximum atomic E-state index is 12.3. The first-order valence-corrected chi connectivity index (χ1v) is 7.31. The number of carbonyl (C=O) groups is 1. The average molecular weight is 313 g/mol. The number of carbonyl (C=O) groups excluding carboxylic acids is 1. The summed E-state index contributed by atoms with van der Waals surface area (Å²) in [5.74, 6) is 1.12. The van der Waals surface area contributed by atoms with Crippen molar-refractivity contribution >= 4 is 18.3 Å². The zero-order valence-electron chi connectivity index (χ0n) is 12.8. The Kier molecular flexibility index (Phi) is 7.54. The first-order chi connectivity index (χ1) is 9.74. The van der Waals surface area contributed by atoms with Crippen LogP contribution in [-0.4, -0.2) is 44.1 Å². The molecule has 1 fully saturated rings. The molecule has 0 spiro atoms. The van der Waals surface area contributed by atoms with E-state index in [0.29, 0.717) is 12.5 Å². The van der Waals surface area contributed by atoms with Crippen molar-refractivity contribution in [2.45, 2.75) is 31.7 Å². The number of ether oxygens (including phenoxy) is 1. The molecular formula is C16H25ClN2O2. The molecule has 0 radical (unpaired) electrons. The normalized spacial score (nSPS) is 17.4. The molecule has 4 nitrogen and oxygen atoms in total. The van der Waals surface area contributed by atoms with Gasteiger partial charge in [0.25, 0.3) is 0 Å². The Hall–Kier alpha value is -1.26. The number of halogens is 1. The van der Waals surface area contributed by atoms with Crippen molar-refractivity contribution in [2.75, 3.05) is 27.2 Å². The molecule has 1 saturated heterocycles. The summed E-state index contributed by atoms with van der Waals surface area (Å²) in [6.07, 6.45) is 3.59. The second-order valence-corrected chi connectivity index (χ2v) is 5.29.